The Hall–Kier alpha value is -3.60. The molecule has 29 heavy (non-hydrogen) atoms. The standard InChI is InChI=1S/C24H24N4O/c1-4-29-20-14-15-22-21(16-20)23(17-10-12-19(13-11-17)28(2)3)26-27-24(25-22)18-8-6-5-7-9-18/h5-16H,4H2,1-3H3,(H,25,27). The Balaban J connectivity index is 1.82. The minimum absolute atomic E-state index is 0.611. The van der Waals surface area contributed by atoms with Gasteiger partial charge in [0.1, 0.15) is 11.5 Å². The highest BCUT2D eigenvalue weighted by Gasteiger charge is 2.18. The van der Waals surface area contributed by atoms with Gasteiger partial charge in [-0.05, 0) is 37.3 Å². The van der Waals surface area contributed by atoms with Gasteiger partial charge in [-0.2, -0.15) is 5.10 Å². The predicted octanol–water partition coefficient (Wildman–Crippen LogP) is 4.59. The number of nitrogens with zero attached hydrogens (tertiary/aromatic N) is 3. The number of fused-ring (bicyclic) bond motifs is 1. The van der Waals surface area contributed by atoms with Crippen molar-refractivity contribution in [2.75, 3.05) is 25.6 Å². The summed E-state index contributed by atoms with van der Waals surface area (Å²) in [6.07, 6.45) is 0. The van der Waals surface area contributed by atoms with Gasteiger partial charge in [-0.15, -0.1) is 0 Å². The molecular weight excluding hydrogens is 360 g/mol. The van der Waals surface area contributed by atoms with Crippen molar-refractivity contribution >= 4 is 22.9 Å². The van der Waals surface area contributed by atoms with Crippen LogP contribution in [0.25, 0.3) is 0 Å². The Labute approximate surface area is 171 Å². The number of ether oxygens (including phenoxy) is 1. The zero-order chi connectivity index (χ0) is 20.2. The molecule has 1 heterocycles. The lowest BCUT2D eigenvalue weighted by Gasteiger charge is -2.14. The lowest BCUT2D eigenvalue weighted by Crippen LogP contribution is -2.19. The molecule has 5 heteroatoms. The number of hydrogen-bond acceptors (Lipinski definition) is 5. The molecule has 0 spiro atoms. The fourth-order valence-corrected chi connectivity index (χ4v) is 3.24. The number of nitrogens with one attached hydrogen (secondary N) is 1. The number of aliphatic imine (C=N–C) groups is 1. The van der Waals surface area contributed by atoms with Gasteiger partial charge in [0.2, 0.25) is 0 Å². The third kappa shape index (κ3) is 3.99. The maximum atomic E-state index is 5.73. The third-order valence-electron chi connectivity index (χ3n) is 4.74. The molecule has 0 amide bonds. The van der Waals surface area contributed by atoms with E-state index in [2.05, 4.69) is 34.6 Å². The maximum absolute atomic E-state index is 5.73. The van der Waals surface area contributed by atoms with Crippen LogP contribution in [0.15, 0.2) is 82.9 Å². The van der Waals surface area contributed by atoms with E-state index < -0.39 is 0 Å². The van der Waals surface area contributed by atoms with Gasteiger partial charge in [-0.3, -0.25) is 5.43 Å². The van der Waals surface area contributed by atoms with Crippen LogP contribution in [0, 0.1) is 0 Å². The van der Waals surface area contributed by atoms with Crippen molar-refractivity contribution in [3.05, 3.63) is 89.5 Å². The molecule has 1 aliphatic heterocycles. The minimum atomic E-state index is 0.611. The molecule has 0 aromatic heterocycles. The molecule has 4 rings (SSSR count). The Bertz CT molecular complexity index is 1050. The van der Waals surface area contributed by atoms with Crippen LogP contribution < -0.4 is 15.1 Å². The zero-order valence-corrected chi connectivity index (χ0v) is 16.9. The first-order valence-electron chi connectivity index (χ1n) is 9.68. The second-order valence-electron chi connectivity index (χ2n) is 6.95. The van der Waals surface area contributed by atoms with E-state index in [9.17, 15) is 0 Å². The van der Waals surface area contributed by atoms with Crippen LogP contribution in [0.2, 0.25) is 0 Å². The highest BCUT2D eigenvalue weighted by atomic mass is 16.5. The monoisotopic (exact) mass is 384 g/mol. The Morgan fingerprint density at radius 3 is 2.34 bits per heavy atom. The van der Waals surface area contributed by atoms with Crippen LogP contribution in [0.3, 0.4) is 0 Å². The number of rotatable bonds is 5. The Morgan fingerprint density at radius 2 is 1.66 bits per heavy atom. The summed E-state index contributed by atoms with van der Waals surface area (Å²) in [4.78, 5) is 6.94. The van der Waals surface area contributed by atoms with Crippen LogP contribution in [0.4, 0.5) is 11.4 Å². The first-order valence-corrected chi connectivity index (χ1v) is 9.68. The van der Waals surface area contributed by atoms with E-state index in [1.165, 1.54) is 0 Å². The Morgan fingerprint density at radius 1 is 0.897 bits per heavy atom. The predicted molar refractivity (Wildman–Crippen MR) is 120 cm³/mol. The summed E-state index contributed by atoms with van der Waals surface area (Å²) < 4.78 is 5.73. The lowest BCUT2D eigenvalue weighted by molar-refractivity contribution is 0.340. The summed E-state index contributed by atoms with van der Waals surface area (Å²) in [5.41, 5.74) is 8.94. The average Bonchev–Trinajstić information content (AvgIpc) is 2.94. The van der Waals surface area contributed by atoms with Crippen molar-refractivity contribution in [1.29, 1.82) is 0 Å². The summed E-state index contributed by atoms with van der Waals surface area (Å²) in [7, 11) is 4.06. The van der Waals surface area contributed by atoms with E-state index in [1.807, 2.05) is 69.6 Å². The van der Waals surface area contributed by atoms with Gasteiger partial charge in [0, 0.05) is 36.5 Å². The molecule has 0 radical (unpaired) electrons. The summed E-state index contributed by atoms with van der Waals surface area (Å²) in [6, 6.07) is 24.3. The van der Waals surface area contributed by atoms with E-state index in [0.717, 1.165) is 45.4 Å². The topological polar surface area (TPSA) is 49.2 Å². The largest absolute Gasteiger partial charge is 0.494 e. The van der Waals surface area contributed by atoms with Gasteiger partial charge < -0.3 is 9.64 Å². The van der Waals surface area contributed by atoms with Crippen molar-refractivity contribution in [2.45, 2.75) is 6.92 Å². The van der Waals surface area contributed by atoms with Crippen molar-refractivity contribution < 1.29 is 4.74 Å². The van der Waals surface area contributed by atoms with Gasteiger partial charge >= 0.3 is 0 Å². The molecule has 0 atom stereocenters. The van der Waals surface area contributed by atoms with E-state index in [0.29, 0.717) is 6.61 Å². The quantitative estimate of drug-likeness (QED) is 0.700. The van der Waals surface area contributed by atoms with Gasteiger partial charge in [0.25, 0.3) is 0 Å². The van der Waals surface area contributed by atoms with Gasteiger partial charge in [-0.1, -0.05) is 42.5 Å². The van der Waals surface area contributed by atoms with Crippen molar-refractivity contribution in [2.24, 2.45) is 10.1 Å². The Kier molecular flexibility index (Phi) is 5.29. The van der Waals surface area contributed by atoms with Gasteiger partial charge in [-0.25, -0.2) is 4.99 Å². The van der Waals surface area contributed by atoms with Crippen LogP contribution in [0.5, 0.6) is 5.75 Å². The second-order valence-corrected chi connectivity index (χ2v) is 6.95. The highest BCUT2D eigenvalue weighted by molar-refractivity contribution is 6.18. The molecule has 0 saturated heterocycles. The van der Waals surface area contributed by atoms with Crippen LogP contribution in [-0.4, -0.2) is 32.2 Å². The van der Waals surface area contributed by atoms with Crippen LogP contribution >= 0.6 is 0 Å². The third-order valence-corrected chi connectivity index (χ3v) is 4.74. The van der Waals surface area contributed by atoms with Gasteiger partial charge in [0.15, 0.2) is 5.84 Å². The number of hydrogen-bond donors (Lipinski definition) is 1. The molecule has 1 aliphatic rings. The first kappa shape index (κ1) is 18.7. The van der Waals surface area contributed by atoms with E-state index in [-0.39, 0.29) is 0 Å². The highest BCUT2D eigenvalue weighted by Crippen LogP contribution is 2.30. The number of anilines is 1. The fourth-order valence-electron chi connectivity index (χ4n) is 3.24. The second kappa shape index (κ2) is 8.19. The molecule has 0 bridgehead atoms. The maximum Gasteiger partial charge on any atom is 0.154 e. The SMILES string of the molecule is CCOc1ccc2c(c1)C(c1ccc(N(C)C)cc1)=NNC(c1ccccc1)=N2. The molecular formula is C24H24N4O. The molecule has 5 nitrogen and oxygen atoms in total. The summed E-state index contributed by atoms with van der Waals surface area (Å²) in [5, 5.41) is 4.74. The number of benzene rings is 3. The average molecular weight is 384 g/mol. The zero-order valence-electron chi connectivity index (χ0n) is 16.9. The fraction of sp³-hybridized carbons (Fsp3) is 0.167. The van der Waals surface area contributed by atoms with E-state index in [1.54, 1.807) is 0 Å². The smallest absolute Gasteiger partial charge is 0.154 e. The molecule has 0 unspecified atom stereocenters. The van der Waals surface area contributed by atoms with Crippen molar-refractivity contribution in [3.63, 3.8) is 0 Å². The summed E-state index contributed by atoms with van der Waals surface area (Å²) in [5.74, 6) is 1.53. The minimum Gasteiger partial charge on any atom is -0.494 e. The summed E-state index contributed by atoms with van der Waals surface area (Å²) in [6.45, 7) is 2.59. The van der Waals surface area contributed by atoms with Crippen molar-refractivity contribution in [3.8, 4) is 5.75 Å². The molecule has 1 N–H and O–H groups in total. The first-order chi connectivity index (χ1) is 14.2. The van der Waals surface area contributed by atoms with E-state index in [4.69, 9.17) is 14.8 Å². The van der Waals surface area contributed by atoms with Crippen LogP contribution in [-0.2, 0) is 0 Å². The summed E-state index contributed by atoms with van der Waals surface area (Å²) >= 11 is 0. The molecule has 0 aliphatic carbocycles. The number of amidine groups is 1. The molecule has 3 aromatic carbocycles. The lowest BCUT2D eigenvalue weighted by atomic mass is 10.00. The van der Waals surface area contributed by atoms with Crippen molar-refractivity contribution in [1.82, 2.24) is 5.43 Å². The molecule has 146 valence electrons. The molecule has 0 fully saturated rings. The van der Waals surface area contributed by atoms with E-state index >= 15 is 0 Å². The molecule has 3 aromatic rings. The normalized spacial score (nSPS) is 12.8. The van der Waals surface area contributed by atoms with Crippen LogP contribution in [0.1, 0.15) is 23.6 Å². The van der Waals surface area contributed by atoms with Gasteiger partial charge in [0.05, 0.1) is 12.3 Å². The number of hydrazone groups is 1. The molecule has 0 saturated carbocycles.